The molecule has 2 fully saturated rings. The van der Waals surface area contributed by atoms with Gasteiger partial charge in [0.05, 0.1) is 11.1 Å². The van der Waals surface area contributed by atoms with Crippen LogP contribution in [0.5, 0.6) is 0 Å². The van der Waals surface area contributed by atoms with Gasteiger partial charge in [-0.25, -0.2) is 14.2 Å². The number of nitrogens with zero attached hydrogens (tertiary/aromatic N) is 3. The van der Waals surface area contributed by atoms with Gasteiger partial charge in [0.15, 0.2) is 11.0 Å². The summed E-state index contributed by atoms with van der Waals surface area (Å²) in [6, 6.07) is 1.76. The highest BCUT2D eigenvalue weighted by molar-refractivity contribution is 6.30. The van der Waals surface area contributed by atoms with Crippen molar-refractivity contribution in [3.8, 4) is 6.07 Å². The van der Waals surface area contributed by atoms with Gasteiger partial charge in [0, 0.05) is 36.3 Å². The van der Waals surface area contributed by atoms with Gasteiger partial charge >= 0.3 is 6.09 Å². The van der Waals surface area contributed by atoms with Crippen molar-refractivity contribution in [1.82, 2.24) is 20.2 Å². The van der Waals surface area contributed by atoms with E-state index in [1.807, 2.05) is 6.07 Å². The fraction of sp³-hybridized carbons (Fsp3) is 0.500. The first kappa shape index (κ1) is 20.6. The molecule has 2 saturated heterocycles. The van der Waals surface area contributed by atoms with Gasteiger partial charge in [-0.05, 0) is 33.6 Å². The lowest BCUT2D eigenvalue weighted by Crippen LogP contribution is -2.61. The lowest BCUT2D eigenvalue weighted by molar-refractivity contribution is -0.0112. The Labute approximate surface area is 177 Å². The van der Waals surface area contributed by atoms with E-state index >= 15 is 0 Å². The molecular formula is C20H21ClFN5O3. The average Bonchev–Trinajstić information content (AvgIpc) is 2.89. The summed E-state index contributed by atoms with van der Waals surface area (Å²) in [5, 5.41) is 12.9. The standard InChI is InChI=1S/C20H21ClFN5O3/c1-19(2,3)30-18(29)27-10-4-5-20(27,9-24-7-10)13-11(6-23)17(28)26-15-12(13)8-25-16(21)14(15)22/h8,10,24H,4-5,7,9H2,1-3H3,(H,26,28)/t10-,20-/m0/s1. The first-order valence-corrected chi connectivity index (χ1v) is 10.0. The summed E-state index contributed by atoms with van der Waals surface area (Å²) in [6.07, 6.45) is 1.93. The first-order valence-electron chi connectivity index (χ1n) is 9.62. The van der Waals surface area contributed by atoms with Crippen molar-refractivity contribution in [2.24, 2.45) is 0 Å². The zero-order chi connectivity index (χ0) is 21.8. The molecule has 0 aromatic carbocycles. The quantitative estimate of drug-likeness (QED) is 0.669. The number of amides is 1. The summed E-state index contributed by atoms with van der Waals surface area (Å²) in [4.78, 5) is 33.8. The van der Waals surface area contributed by atoms with Crippen LogP contribution in [-0.2, 0) is 10.3 Å². The fourth-order valence-electron chi connectivity index (χ4n) is 4.58. The number of halogens is 2. The van der Waals surface area contributed by atoms with Crippen LogP contribution < -0.4 is 10.9 Å². The maximum atomic E-state index is 14.7. The van der Waals surface area contributed by atoms with Gasteiger partial charge in [-0.3, -0.25) is 9.69 Å². The number of carbonyl (C=O) groups is 1. The third kappa shape index (κ3) is 3.02. The van der Waals surface area contributed by atoms with Gasteiger partial charge in [-0.2, -0.15) is 5.26 Å². The average molecular weight is 434 g/mol. The Morgan fingerprint density at radius 3 is 2.90 bits per heavy atom. The normalized spacial score (nSPS) is 23.5. The molecule has 2 aliphatic rings. The van der Waals surface area contributed by atoms with E-state index in [0.717, 1.165) is 0 Å². The third-order valence-corrected chi connectivity index (χ3v) is 5.91. The minimum absolute atomic E-state index is 0.137. The number of nitrogens with one attached hydrogen (secondary N) is 2. The summed E-state index contributed by atoms with van der Waals surface area (Å²) in [5.74, 6) is -0.879. The second-order valence-electron chi connectivity index (χ2n) is 8.67. The molecule has 2 atom stereocenters. The van der Waals surface area contributed by atoms with Crippen LogP contribution in [0.2, 0.25) is 5.15 Å². The van der Waals surface area contributed by atoms with Gasteiger partial charge in [0.2, 0.25) is 0 Å². The van der Waals surface area contributed by atoms with E-state index in [0.29, 0.717) is 25.9 Å². The molecule has 2 aliphatic heterocycles. The van der Waals surface area contributed by atoms with Crippen LogP contribution in [-0.4, -0.2) is 45.7 Å². The molecule has 2 N–H and O–H groups in total. The van der Waals surface area contributed by atoms with Crippen LogP contribution in [0.15, 0.2) is 11.0 Å². The molecular weight excluding hydrogens is 413 g/mol. The number of piperazine rings is 1. The molecule has 1 amide bonds. The highest BCUT2D eigenvalue weighted by atomic mass is 35.5. The Morgan fingerprint density at radius 1 is 1.50 bits per heavy atom. The number of fused-ring (bicyclic) bond motifs is 3. The topological polar surface area (TPSA) is 111 Å². The van der Waals surface area contributed by atoms with Crippen LogP contribution >= 0.6 is 11.6 Å². The zero-order valence-electron chi connectivity index (χ0n) is 16.8. The van der Waals surface area contributed by atoms with Gasteiger partial charge in [-0.1, -0.05) is 11.6 Å². The van der Waals surface area contributed by atoms with Gasteiger partial charge in [-0.15, -0.1) is 0 Å². The van der Waals surface area contributed by atoms with Crippen LogP contribution in [0, 0.1) is 17.1 Å². The Bertz CT molecular complexity index is 1150. The fourth-order valence-corrected chi connectivity index (χ4v) is 4.72. The zero-order valence-corrected chi connectivity index (χ0v) is 17.6. The number of nitriles is 1. The van der Waals surface area contributed by atoms with E-state index in [4.69, 9.17) is 16.3 Å². The summed E-state index contributed by atoms with van der Waals surface area (Å²) < 4.78 is 20.4. The number of ether oxygens (including phenoxy) is 1. The number of hydrogen-bond acceptors (Lipinski definition) is 6. The highest BCUT2D eigenvalue weighted by Gasteiger charge is 2.55. The molecule has 0 spiro atoms. The summed E-state index contributed by atoms with van der Waals surface area (Å²) >= 11 is 5.81. The molecule has 0 unspecified atom stereocenters. The van der Waals surface area contributed by atoms with E-state index in [1.165, 1.54) is 6.20 Å². The number of aromatic amines is 1. The van der Waals surface area contributed by atoms with Crippen molar-refractivity contribution in [2.75, 3.05) is 13.1 Å². The van der Waals surface area contributed by atoms with Crippen LogP contribution in [0.3, 0.4) is 0 Å². The van der Waals surface area contributed by atoms with Crippen molar-refractivity contribution >= 4 is 28.6 Å². The molecule has 2 aromatic heterocycles. The van der Waals surface area contributed by atoms with Crippen molar-refractivity contribution in [3.63, 3.8) is 0 Å². The van der Waals surface area contributed by atoms with E-state index < -0.39 is 28.6 Å². The number of pyridine rings is 2. The molecule has 30 heavy (non-hydrogen) atoms. The molecule has 158 valence electrons. The minimum atomic E-state index is -1.05. The van der Waals surface area contributed by atoms with Crippen LogP contribution in [0.1, 0.15) is 44.7 Å². The molecule has 2 bridgehead atoms. The minimum Gasteiger partial charge on any atom is -0.444 e. The molecule has 0 radical (unpaired) electrons. The summed E-state index contributed by atoms with van der Waals surface area (Å²) in [5.41, 5.74) is -2.56. The number of aromatic nitrogens is 2. The predicted octanol–water partition coefficient (Wildman–Crippen LogP) is 2.79. The second-order valence-corrected chi connectivity index (χ2v) is 9.03. The largest absolute Gasteiger partial charge is 0.444 e. The first-order chi connectivity index (χ1) is 14.1. The van der Waals surface area contributed by atoms with Gasteiger partial charge in [0.1, 0.15) is 17.2 Å². The molecule has 0 aliphatic carbocycles. The molecule has 10 heteroatoms. The molecule has 4 rings (SSSR count). The lowest BCUT2D eigenvalue weighted by atomic mass is 9.82. The van der Waals surface area contributed by atoms with E-state index in [1.54, 1.807) is 25.7 Å². The Hall–Kier alpha value is -2.70. The maximum Gasteiger partial charge on any atom is 0.411 e. The second kappa shape index (κ2) is 6.93. The Kier molecular flexibility index (Phi) is 4.75. The van der Waals surface area contributed by atoms with E-state index in [-0.39, 0.29) is 33.2 Å². The Morgan fingerprint density at radius 2 is 2.23 bits per heavy atom. The number of H-pyrrole nitrogens is 1. The smallest absolute Gasteiger partial charge is 0.411 e. The van der Waals surface area contributed by atoms with Crippen molar-refractivity contribution in [2.45, 2.75) is 50.8 Å². The van der Waals surface area contributed by atoms with Crippen LogP contribution in [0.25, 0.3) is 10.9 Å². The van der Waals surface area contributed by atoms with Crippen molar-refractivity contribution < 1.29 is 13.9 Å². The van der Waals surface area contributed by atoms with Gasteiger partial charge < -0.3 is 15.0 Å². The molecule has 0 saturated carbocycles. The van der Waals surface area contributed by atoms with E-state index in [2.05, 4.69) is 15.3 Å². The maximum absolute atomic E-state index is 14.7. The van der Waals surface area contributed by atoms with Crippen LogP contribution in [0.4, 0.5) is 9.18 Å². The summed E-state index contributed by atoms with van der Waals surface area (Å²) in [6.45, 7) is 6.16. The Balaban J connectivity index is 2.02. The van der Waals surface area contributed by atoms with E-state index in [9.17, 15) is 19.2 Å². The number of carbonyl (C=O) groups excluding carboxylic acids is 1. The van der Waals surface area contributed by atoms with Crippen molar-refractivity contribution in [1.29, 1.82) is 5.26 Å². The van der Waals surface area contributed by atoms with Gasteiger partial charge in [0.25, 0.3) is 5.56 Å². The molecule has 2 aromatic rings. The number of rotatable bonds is 1. The summed E-state index contributed by atoms with van der Waals surface area (Å²) in [7, 11) is 0. The number of hydrogen-bond donors (Lipinski definition) is 2. The highest BCUT2D eigenvalue weighted by Crippen LogP contribution is 2.47. The molecule has 8 nitrogen and oxygen atoms in total. The lowest BCUT2D eigenvalue weighted by Gasteiger charge is -2.46. The molecule has 4 heterocycles. The SMILES string of the molecule is CC(C)(C)OC(=O)N1[C@H]2CC[C@@]1(c1c(C#N)c(=O)[nH]c3c(F)c(Cl)ncc13)CNC2. The van der Waals surface area contributed by atoms with Crippen molar-refractivity contribution in [3.05, 3.63) is 38.6 Å². The predicted molar refractivity (Wildman–Crippen MR) is 108 cm³/mol. The monoisotopic (exact) mass is 433 g/mol. The third-order valence-electron chi connectivity index (χ3n) is 5.64.